The predicted octanol–water partition coefficient (Wildman–Crippen LogP) is 3.77. The first-order chi connectivity index (χ1) is 18.7. The van der Waals surface area contributed by atoms with Crippen molar-refractivity contribution in [1.82, 2.24) is 29.2 Å². The normalized spacial score (nSPS) is 16.5. The summed E-state index contributed by atoms with van der Waals surface area (Å²) in [6.45, 7) is -0.569. The van der Waals surface area contributed by atoms with Crippen LogP contribution in [0.1, 0.15) is 5.56 Å². The van der Waals surface area contributed by atoms with Crippen molar-refractivity contribution in [2.24, 2.45) is 7.05 Å². The Hall–Kier alpha value is -3.66. The summed E-state index contributed by atoms with van der Waals surface area (Å²) in [5.74, 6) is -6.14. The van der Waals surface area contributed by atoms with Crippen LogP contribution in [0.3, 0.4) is 0 Å². The third kappa shape index (κ3) is 6.22. The fourth-order valence-electron chi connectivity index (χ4n) is 4.52. The summed E-state index contributed by atoms with van der Waals surface area (Å²) in [5, 5.41) is 4.48. The lowest BCUT2D eigenvalue weighted by atomic mass is 10.1. The number of nitrogens with zero attached hydrogens (tertiary/aromatic N) is 6. The Morgan fingerprint density at radius 1 is 1.05 bits per heavy atom. The van der Waals surface area contributed by atoms with Crippen molar-refractivity contribution in [3.8, 4) is 22.8 Å². The second-order valence-electron chi connectivity index (χ2n) is 9.48. The average Bonchev–Trinajstić information content (AvgIpc) is 3.43. The molecule has 1 aliphatic heterocycles. The van der Waals surface area contributed by atoms with Crippen molar-refractivity contribution >= 4 is 20.9 Å². The quantitative estimate of drug-likeness (QED) is 0.304. The molecule has 5 rings (SSSR count). The molecule has 0 radical (unpaired) electrons. The van der Waals surface area contributed by atoms with E-state index in [-0.39, 0.29) is 47.1 Å². The van der Waals surface area contributed by atoms with Gasteiger partial charge in [-0.3, -0.25) is 14.1 Å². The first-order valence-electron chi connectivity index (χ1n) is 11.9. The van der Waals surface area contributed by atoms with Crippen molar-refractivity contribution in [2.75, 3.05) is 31.1 Å². The molecule has 1 aliphatic rings. The van der Waals surface area contributed by atoms with E-state index in [0.717, 1.165) is 12.3 Å². The SMILES string of the molecule is Cn1cc(-n2cc(CC(F)(F)CN3CCS(=O)(=O)CC3)c3ccc(-c4cnc(OC(F)(F)F)c(F)c4)nc32)cn1. The van der Waals surface area contributed by atoms with Gasteiger partial charge in [0.2, 0.25) is 0 Å². The zero-order chi connectivity index (χ0) is 28.9. The average molecular weight is 589 g/mol. The van der Waals surface area contributed by atoms with E-state index in [2.05, 4.69) is 19.8 Å². The van der Waals surface area contributed by atoms with Crippen LogP contribution in [0.2, 0.25) is 0 Å². The van der Waals surface area contributed by atoms with Gasteiger partial charge in [0.1, 0.15) is 5.65 Å². The highest BCUT2D eigenvalue weighted by atomic mass is 32.2. The predicted molar refractivity (Wildman–Crippen MR) is 131 cm³/mol. The summed E-state index contributed by atoms with van der Waals surface area (Å²) >= 11 is 0. The standard InChI is InChI=1S/C24H22F6N6O3S/c1-34-13-17(11-32-34)36-12-16(9-23(26,27)14-35-4-6-40(37,38)7-5-35)18-2-3-20(33-21(18)36)15-8-19(25)22(31-10-15)39-24(28,29)30/h2-3,8,10-13H,4-7,9,14H2,1H3. The summed E-state index contributed by atoms with van der Waals surface area (Å²) in [5.41, 5.74) is 1.17. The molecule has 4 aromatic rings. The number of alkyl halides is 5. The molecule has 0 aromatic carbocycles. The maximum absolute atomic E-state index is 15.2. The lowest BCUT2D eigenvalue weighted by molar-refractivity contribution is -0.277. The maximum Gasteiger partial charge on any atom is 0.574 e. The maximum atomic E-state index is 15.2. The fraction of sp³-hybridized carbons (Fsp3) is 0.375. The number of ether oxygens (including phenoxy) is 1. The molecule has 4 aromatic heterocycles. The van der Waals surface area contributed by atoms with Crippen molar-refractivity contribution in [3.05, 3.63) is 54.4 Å². The Labute approximate surface area is 223 Å². The molecule has 0 saturated carbocycles. The van der Waals surface area contributed by atoms with Gasteiger partial charge in [0.25, 0.3) is 11.8 Å². The minimum atomic E-state index is -5.12. The van der Waals surface area contributed by atoms with Crippen molar-refractivity contribution in [2.45, 2.75) is 18.7 Å². The molecule has 0 atom stereocenters. The number of pyridine rings is 2. The smallest absolute Gasteiger partial charge is 0.385 e. The molecule has 214 valence electrons. The first-order valence-corrected chi connectivity index (χ1v) is 13.7. The van der Waals surface area contributed by atoms with E-state index in [9.17, 15) is 26.0 Å². The zero-order valence-corrected chi connectivity index (χ0v) is 21.7. The summed E-state index contributed by atoms with van der Waals surface area (Å²) < 4.78 is 112. The minimum Gasteiger partial charge on any atom is -0.385 e. The summed E-state index contributed by atoms with van der Waals surface area (Å²) in [4.78, 5) is 9.32. The molecule has 5 heterocycles. The Kier molecular flexibility index (Phi) is 7.02. The van der Waals surface area contributed by atoms with Crippen LogP contribution >= 0.6 is 0 Å². The number of fused-ring (bicyclic) bond motifs is 1. The molecule has 0 bridgehead atoms. The van der Waals surface area contributed by atoms with E-state index in [1.807, 2.05) is 0 Å². The summed E-state index contributed by atoms with van der Waals surface area (Å²) in [7, 11) is -1.55. The van der Waals surface area contributed by atoms with Crippen LogP contribution in [-0.4, -0.2) is 81.1 Å². The molecular formula is C24H22F6N6O3S. The van der Waals surface area contributed by atoms with Crippen LogP contribution in [0.4, 0.5) is 26.3 Å². The molecule has 1 fully saturated rings. The van der Waals surface area contributed by atoms with Gasteiger partial charge in [-0.25, -0.2) is 31.6 Å². The van der Waals surface area contributed by atoms with Gasteiger partial charge in [-0.15, -0.1) is 13.2 Å². The van der Waals surface area contributed by atoms with Gasteiger partial charge in [-0.1, -0.05) is 0 Å². The van der Waals surface area contributed by atoms with Gasteiger partial charge in [-0.05, 0) is 23.8 Å². The number of sulfone groups is 1. The van der Waals surface area contributed by atoms with Crippen LogP contribution in [0.15, 0.2) is 43.0 Å². The van der Waals surface area contributed by atoms with E-state index in [1.165, 1.54) is 38.7 Å². The van der Waals surface area contributed by atoms with Crippen LogP contribution in [0, 0.1) is 5.82 Å². The highest BCUT2D eigenvalue weighted by molar-refractivity contribution is 7.91. The molecule has 0 aliphatic carbocycles. The molecule has 0 N–H and O–H groups in total. The molecule has 0 amide bonds. The van der Waals surface area contributed by atoms with E-state index in [4.69, 9.17) is 0 Å². The van der Waals surface area contributed by atoms with E-state index >= 15 is 8.78 Å². The molecular weight excluding hydrogens is 566 g/mol. The van der Waals surface area contributed by atoms with Gasteiger partial charge in [0.05, 0.1) is 35.6 Å². The summed E-state index contributed by atoms with van der Waals surface area (Å²) in [6, 6.07) is 3.72. The molecule has 0 unspecified atom stereocenters. The van der Waals surface area contributed by atoms with Crippen LogP contribution in [-0.2, 0) is 23.3 Å². The van der Waals surface area contributed by atoms with Crippen molar-refractivity contribution in [1.29, 1.82) is 0 Å². The number of hydrogen-bond acceptors (Lipinski definition) is 7. The molecule has 16 heteroatoms. The molecule has 9 nitrogen and oxygen atoms in total. The molecule has 0 spiro atoms. The number of aromatic nitrogens is 5. The lowest BCUT2D eigenvalue weighted by Gasteiger charge is -2.30. The largest absolute Gasteiger partial charge is 0.574 e. The molecule has 40 heavy (non-hydrogen) atoms. The van der Waals surface area contributed by atoms with Crippen LogP contribution in [0.5, 0.6) is 5.88 Å². The third-order valence-corrected chi connectivity index (χ3v) is 7.97. The number of rotatable bonds is 7. The van der Waals surface area contributed by atoms with Gasteiger partial charge >= 0.3 is 6.36 Å². The first kappa shape index (κ1) is 27.9. The third-order valence-electron chi connectivity index (χ3n) is 6.36. The Morgan fingerprint density at radius 2 is 1.77 bits per heavy atom. The molecule has 1 saturated heterocycles. The van der Waals surface area contributed by atoms with E-state index in [1.54, 1.807) is 13.2 Å². The summed E-state index contributed by atoms with van der Waals surface area (Å²) in [6.07, 6.45) is -0.208. The fourth-order valence-corrected chi connectivity index (χ4v) is 5.80. The second-order valence-corrected chi connectivity index (χ2v) is 11.8. The number of halogens is 6. The number of hydrogen-bond donors (Lipinski definition) is 0. The van der Waals surface area contributed by atoms with Gasteiger partial charge < -0.3 is 4.74 Å². The Bertz CT molecular complexity index is 1650. The van der Waals surface area contributed by atoms with Crippen molar-refractivity contribution in [3.63, 3.8) is 0 Å². The topological polar surface area (TPSA) is 95.1 Å². The van der Waals surface area contributed by atoms with Crippen LogP contribution in [0.25, 0.3) is 28.0 Å². The van der Waals surface area contributed by atoms with Crippen LogP contribution < -0.4 is 4.74 Å². The van der Waals surface area contributed by atoms with E-state index < -0.39 is 46.8 Å². The van der Waals surface area contributed by atoms with Crippen molar-refractivity contribution < 1.29 is 39.5 Å². The Balaban J connectivity index is 1.49. The van der Waals surface area contributed by atoms with Gasteiger partial charge in [-0.2, -0.15) is 5.10 Å². The minimum absolute atomic E-state index is 0.0255. The van der Waals surface area contributed by atoms with Gasteiger partial charge in [0.15, 0.2) is 15.7 Å². The van der Waals surface area contributed by atoms with Gasteiger partial charge in [0, 0.05) is 56.1 Å². The van der Waals surface area contributed by atoms with E-state index in [0.29, 0.717) is 11.1 Å². The lowest BCUT2D eigenvalue weighted by Crippen LogP contribution is -2.46. The Morgan fingerprint density at radius 3 is 2.40 bits per heavy atom. The highest BCUT2D eigenvalue weighted by Crippen LogP contribution is 2.32. The zero-order valence-electron chi connectivity index (χ0n) is 20.9. The highest BCUT2D eigenvalue weighted by Gasteiger charge is 2.36. The monoisotopic (exact) mass is 588 g/mol. The number of aryl methyl sites for hydroxylation is 1. The second kappa shape index (κ2) is 10.1.